The highest BCUT2D eigenvalue weighted by Gasteiger charge is 2.02. The average molecular weight is 174 g/mol. The van der Waals surface area contributed by atoms with Crippen LogP contribution in [0.3, 0.4) is 0 Å². The number of nitrogens with zero attached hydrogens (tertiary/aromatic N) is 2. The Morgan fingerprint density at radius 2 is 2.17 bits per heavy atom. The summed E-state index contributed by atoms with van der Waals surface area (Å²) in [7, 11) is 1.54. The van der Waals surface area contributed by atoms with Crippen molar-refractivity contribution in [1.82, 2.24) is 5.01 Å². The summed E-state index contributed by atoms with van der Waals surface area (Å²) in [6.07, 6.45) is 0. The first-order valence-electron chi connectivity index (χ1n) is 3.27. The van der Waals surface area contributed by atoms with E-state index in [2.05, 4.69) is 4.99 Å². The zero-order valence-electron chi connectivity index (χ0n) is 6.95. The fraction of sp³-hybridized carbons (Fsp3) is 0.600. The van der Waals surface area contributed by atoms with Gasteiger partial charge in [0.25, 0.3) is 0 Å². The molecule has 0 aliphatic rings. The van der Waals surface area contributed by atoms with E-state index in [1.54, 1.807) is 0 Å². The van der Waals surface area contributed by atoms with E-state index in [9.17, 15) is 0 Å². The minimum atomic E-state index is -0.188. The largest absolute Gasteiger partial charge is 0.383 e. The molecule has 0 fully saturated rings. The number of methoxy groups -OCH3 is 1. The van der Waals surface area contributed by atoms with Crippen molar-refractivity contribution >= 4 is 11.9 Å². The second-order valence-electron chi connectivity index (χ2n) is 2.05. The number of hydrogen-bond donors (Lipinski definition) is 4. The van der Waals surface area contributed by atoms with E-state index in [-0.39, 0.29) is 11.9 Å². The van der Waals surface area contributed by atoms with Gasteiger partial charge in [-0.15, -0.1) is 0 Å². The summed E-state index contributed by atoms with van der Waals surface area (Å²) in [5, 5.41) is 8.29. The van der Waals surface area contributed by atoms with Crippen molar-refractivity contribution in [1.29, 1.82) is 5.41 Å². The molecule has 0 aromatic heterocycles. The quantitative estimate of drug-likeness (QED) is 0.170. The number of ether oxygens (including phenoxy) is 1. The van der Waals surface area contributed by atoms with Crippen LogP contribution in [0.4, 0.5) is 0 Å². The lowest BCUT2D eigenvalue weighted by molar-refractivity contribution is 0.176. The summed E-state index contributed by atoms with van der Waals surface area (Å²) >= 11 is 0. The lowest BCUT2D eigenvalue weighted by Gasteiger charge is -2.14. The lowest BCUT2D eigenvalue weighted by atomic mass is 10.6. The average Bonchev–Trinajstić information content (AvgIpc) is 1.98. The maximum atomic E-state index is 7.20. The minimum absolute atomic E-state index is 0.187. The van der Waals surface area contributed by atoms with Gasteiger partial charge in [-0.25, -0.2) is 5.84 Å². The molecular weight excluding hydrogens is 160 g/mol. The van der Waals surface area contributed by atoms with Gasteiger partial charge >= 0.3 is 0 Å². The molecule has 0 aliphatic carbocycles. The molecule has 0 radical (unpaired) electrons. The van der Waals surface area contributed by atoms with Crippen molar-refractivity contribution in [2.45, 2.75) is 0 Å². The Labute approximate surface area is 70.6 Å². The summed E-state index contributed by atoms with van der Waals surface area (Å²) in [4.78, 5) is 3.43. The van der Waals surface area contributed by atoms with Gasteiger partial charge in [0.1, 0.15) is 0 Å². The van der Waals surface area contributed by atoms with Crippen molar-refractivity contribution < 1.29 is 4.74 Å². The maximum absolute atomic E-state index is 7.20. The number of aliphatic imine (C=N–C) groups is 1. The van der Waals surface area contributed by atoms with Crippen LogP contribution in [0, 0.1) is 5.41 Å². The van der Waals surface area contributed by atoms with Gasteiger partial charge in [0.15, 0.2) is 5.96 Å². The predicted molar refractivity (Wildman–Crippen MR) is 46.3 cm³/mol. The normalized spacial score (nSPS) is 9.17. The highest BCUT2D eigenvalue weighted by atomic mass is 16.5. The number of rotatable bonds is 3. The van der Waals surface area contributed by atoms with Crippen LogP contribution in [0.1, 0.15) is 0 Å². The van der Waals surface area contributed by atoms with Crippen LogP contribution in [0.25, 0.3) is 0 Å². The number of nitrogens with two attached hydrogens (primary N) is 3. The summed E-state index contributed by atoms with van der Waals surface area (Å²) in [5.74, 6) is 4.99. The van der Waals surface area contributed by atoms with Gasteiger partial charge in [-0.3, -0.25) is 10.4 Å². The van der Waals surface area contributed by atoms with Crippen LogP contribution in [-0.2, 0) is 4.74 Å². The molecule has 0 aromatic carbocycles. The van der Waals surface area contributed by atoms with Gasteiger partial charge < -0.3 is 16.2 Å². The van der Waals surface area contributed by atoms with Crippen LogP contribution in [-0.4, -0.2) is 37.2 Å². The molecule has 0 rings (SSSR count). The Morgan fingerprint density at radius 1 is 1.58 bits per heavy atom. The van der Waals surface area contributed by atoms with E-state index in [0.29, 0.717) is 13.2 Å². The van der Waals surface area contributed by atoms with Crippen molar-refractivity contribution in [2.24, 2.45) is 22.3 Å². The molecule has 0 saturated heterocycles. The second-order valence-corrected chi connectivity index (χ2v) is 2.05. The van der Waals surface area contributed by atoms with Gasteiger partial charge in [-0.2, -0.15) is 4.99 Å². The van der Waals surface area contributed by atoms with Crippen molar-refractivity contribution in [3.63, 3.8) is 0 Å². The monoisotopic (exact) mass is 174 g/mol. The van der Waals surface area contributed by atoms with Crippen LogP contribution < -0.4 is 17.3 Å². The molecule has 0 heterocycles. The first-order valence-corrected chi connectivity index (χ1v) is 3.27. The Balaban J connectivity index is 3.85. The van der Waals surface area contributed by atoms with E-state index >= 15 is 0 Å². The van der Waals surface area contributed by atoms with E-state index < -0.39 is 0 Å². The van der Waals surface area contributed by atoms with Gasteiger partial charge in [0.2, 0.25) is 5.96 Å². The number of hydrogen-bond acceptors (Lipinski definition) is 3. The molecule has 7 N–H and O–H groups in total. The summed E-state index contributed by atoms with van der Waals surface area (Å²) < 4.78 is 4.74. The molecule has 0 spiro atoms. The molecule has 7 heteroatoms. The minimum Gasteiger partial charge on any atom is -0.383 e. The summed E-state index contributed by atoms with van der Waals surface area (Å²) in [6.45, 7) is 0.783. The van der Waals surface area contributed by atoms with Crippen LogP contribution in [0.5, 0.6) is 0 Å². The molecular formula is C5H14N6O. The third-order valence-electron chi connectivity index (χ3n) is 1.04. The van der Waals surface area contributed by atoms with Crippen molar-refractivity contribution in [3.8, 4) is 0 Å². The van der Waals surface area contributed by atoms with Gasteiger partial charge in [-0.05, 0) is 0 Å². The highest BCUT2D eigenvalue weighted by molar-refractivity contribution is 5.91. The van der Waals surface area contributed by atoms with Crippen molar-refractivity contribution in [2.75, 3.05) is 20.3 Å². The third-order valence-corrected chi connectivity index (χ3v) is 1.04. The Bertz CT molecular complexity index is 175. The molecule has 0 saturated carbocycles. The first kappa shape index (κ1) is 10.7. The highest BCUT2D eigenvalue weighted by Crippen LogP contribution is 1.82. The molecule has 0 aliphatic heterocycles. The van der Waals surface area contributed by atoms with Crippen LogP contribution in [0.15, 0.2) is 4.99 Å². The van der Waals surface area contributed by atoms with Gasteiger partial charge in [-0.1, -0.05) is 0 Å². The molecule has 0 unspecified atom stereocenters. The van der Waals surface area contributed by atoms with Crippen molar-refractivity contribution in [3.05, 3.63) is 0 Å². The zero-order chi connectivity index (χ0) is 9.56. The SMILES string of the molecule is COCCN(N)C(=N)N=C(N)N. The van der Waals surface area contributed by atoms with E-state index in [1.807, 2.05) is 0 Å². The number of hydrazine groups is 1. The van der Waals surface area contributed by atoms with Gasteiger partial charge in [0, 0.05) is 7.11 Å². The summed E-state index contributed by atoms with van der Waals surface area (Å²) in [6, 6.07) is 0. The third kappa shape index (κ3) is 4.47. The smallest absolute Gasteiger partial charge is 0.235 e. The predicted octanol–water partition coefficient (Wildman–Crippen LogP) is -1.98. The Kier molecular flexibility index (Phi) is 4.73. The molecule has 0 atom stereocenters. The van der Waals surface area contributed by atoms with E-state index in [0.717, 1.165) is 5.01 Å². The molecule has 7 nitrogen and oxygen atoms in total. The second kappa shape index (κ2) is 5.33. The van der Waals surface area contributed by atoms with Crippen LogP contribution >= 0.6 is 0 Å². The maximum Gasteiger partial charge on any atom is 0.235 e. The molecule has 0 bridgehead atoms. The Hall–Kier alpha value is -1.34. The number of guanidine groups is 2. The zero-order valence-corrected chi connectivity index (χ0v) is 6.95. The fourth-order valence-corrected chi connectivity index (χ4v) is 0.482. The molecule has 0 amide bonds. The lowest BCUT2D eigenvalue weighted by Crippen LogP contribution is -2.40. The topological polar surface area (TPSA) is 127 Å². The molecule has 0 aromatic rings. The standard InChI is InChI=1S/C5H14N6O/c1-12-3-2-11(9)5(8)10-4(6)7/h2-3,9H2,1H3,(H5,6,7,8,10). The molecule has 70 valence electrons. The first-order chi connectivity index (χ1) is 5.57. The molecule has 12 heavy (non-hydrogen) atoms. The van der Waals surface area contributed by atoms with Crippen LogP contribution in [0.2, 0.25) is 0 Å². The van der Waals surface area contributed by atoms with Gasteiger partial charge in [0.05, 0.1) is 13.2 Å². The Morgan fingerprint density at radius 3 is 2.58 bits per heavy atom. The fourth-order valence-electron chi connectivity index (χ4n) is 0.482. The van der Waals surface area contributed by atoms with E-state index in [4.69, 9.17) is 27.5 Å². The van der Waals surface area contributed by atoms with E-state index in [1.165, 1.54) is 7.11 Å². The number of nitrogens with one attached hydrogen (secondary N) is 1. The summed E-state index contributed by atoms with van der Waals surface area (Å²) in [5.41, 5.74) is 10.1.